The topological polar surface area (TPSA) is 52.3 Å². The maximum Gasteiger partial charge on any atom is 0.333 e. The summed E-state index contributed by atoms with van der Waals surface area (Å²) < 4.78 is 4.98. The molecule has 0 fully saturated rings. The third-order valence-electron chi connectivity index (χ3n) is 1.21. The lowest BCUT2D eigenvalue weighted by Gasteiger charge is -2.22. The van der Waals surface area contributed by atoms with Gasteiger partial charge in [0.1, 0.15) is 5.60 Å². The molecule has 0 aliphatic carbocycles. The first-order valence-corrected chi connectivity index (χ1v) is 4.61. The van der Waals surface area contributed by atoms with E-state index in [9.17, 15) is 4.79 Å². The zero-order chi connectivity index (χ0) is 11.1. The number of carbonyl (C=O) groups excluding carboxylic acids is 1. The highest BCUT2D eigenvalue weighted by atomic mass is 35.5. The molecule has 13 heavy (non-hydrogen) atoms. The normalized spacial score (nSPS) is 9.69. The van der Waals surface area contributed by atoms with E-state index in [1.54, 1.807) is 20.8 Å². The van der Waals surface area contributed by atoms with E-state index in [-0.39, 0.29) is 5.97 Å². The monoisotopic (exact) mass is 207 g/mol. The van der Waals surface area contributed by atoms with Crippen molar-refractivity contribution in [2.24, 2.45) is 5.73 Å². The molecule has 0 amide bonds. The number of ether oxygens (including phenoxy) is 1. The van der Waals surface area contributed by atoms with Crippen molar-refractivity contribution in [3.8, 4) is 0 Å². The Bertz CT molecular complexity index is 178. The summed E-state index contributed by atoms with van der Waals surface area (Å²) in [7, 11) is 0. The summed E-state index contributed by atoms with van der Waals surface area (Å²) in [5, 5.41) is 0. The smallest absolute Gasteiger partial charge is 0.333 e. The molecule has 0 aromatic rings. The molecule has 2 N–H and O–H groups in total. The maximum absolute atomic E-state index is 10.9. The largest absolute Gasteiger partial charge is 0.455 e. The molecule has 78 valence electrons. The number of esters is 1. The maximum atomic E-state index is 10.9. The third-order valence-corrected chi connectivity index (χ3v) is 1.21. The standard InChI is InChI=1S/C8H15NO2.CH3Cl/c1-6(2)7(10)11-8(3,4)5-9;1-2/h1,5,9H2,2-4H3;1H3. The lowest BCUT2D eigenvalue weighted by atomic mass is 10.1. The van der Waals surface area contributed by atoms with E-state index in [0.717, 1.165) is 0 Å². The SMILES string of the molecule is C=C(C)C(=O)OC(C)(C)CN.CCl. The molecule has 0 aliphatic heterocycles. The van der Waals surface area contributed by atoms with Crippen LogP contribution in [0.1, 0.15) is 20.8 Å². The van der Waals surface area contributed by atoms with E-state index >= 15 is 0 Å². The highest BCUT2D eigenvalue weighted by Crippen LogP contribution is 2.08. The average Bonchev–Trinajstić information content (AvgIpc) is 2.07. The van der Waals surface area contributed by atoms with Gasteiger partial charge in [-0.15, -0.1) is 11.6 Å². The Morgan fingerprint density at radius 3 is 2.15 bits per heavy atom. The molecule has 0 spiro atoms. The van der Waals surface area contributed by atoms with E-state index in [2.05, 4.69) is 18.2 Å². The van der Waals surface area contributed by atoms with Crippen molar-refractivity contribution in [3.05, 3.63) is 12.2 Å². The molecule has 0 aliphatic rings. The number of hydrogen-bond acceptors (Lipinski definition) is 3. The molecule has 0 unspecified atom stereocenters. The van der Waals surface area contributed by atoms with Crippen molar-refractivity contribution >= 4 is 17.6 Å². The molecule has 4 heteroatoms. The predicted molar refractivity (Wildman–Crippen MR) is 55.8 cm³/mol. The Kier molecular flexibility index (Phi) is 7.96. The molecule has 0 heterocycles. The van der Waals surface area contributed by atoms with E-state index in [4.69, 9.17) is 10.5 Å². The summed E-state index contributed by atoms with van der Waals surface area (Å²) in [5.41, 5.74) is 5.16. The Labute approximate surface area is 84.9 Å². The molecule has 0 atom stereocenters. The number of alkyl halides is 1. The van der Waals surface area contributed by atoms with Crippen LogP contribution in [0.4, 0.5) is 0 Å². The van der Waals surface area contributed by atoms with Gasteiger partial charge in [0.25, 0.3) is 0 Å². The van der Waals surface area contributed by atoms with Crippen molar-refractivity contribution in [3.63, 3.8) is 0 Å². The molecular formula is C9H18ClNO2. The van der Waals surface area contributed by atoms with Crippen molar-refractivity contribution in [1.29, 1.82) is 0 Å². The lowest BCUT2D eigenvalue weighted by Crippen LogP contribution is -2.36. The van der Waals surface area contributed by atoms with Gasteiger partial charge in [-0.05, 0) is 20.8 Å². The van der Waals surface area contributed by atoms with Gasteiger partial charge in [-0.3, -0.25) is 0 Å². The van der Waals surface area contributed by atoms with Crippen molar-refractivity contribution in [2.45, 2.75) is 26.4 Å². The second-order valence-corrected chi connectivity index (χ2v) is 3.13. The van der Waals surface area contributed by atoms with Crippen LogP contribution in [-0.2, 0) is 9.53 Å². The van der Waals surface area contributed by atoms with Crippen molar-refractivity contribution in [1.82, 2.24) is 0 Å². The highest BCUT2D eigenvalue weighted by molar-refractivity contribution is 6.15. The number of nitrogens with two attached hydrogens (primary N) is 1. The van der Waals surface area contributed by atoms with Gasteiger partial charge >= 0.3 is 5.97 Å². The van der Waals surface area contributed by atoms with Crippen molar-refractivity contribution < 1.29 is 9.53 Å². The van der Waals surface area contributed by atoms with Crippen LogP contribution in [-0.4, -0.2) is 24.5 Å². The summed E-state index contributed by atoms with van der Waals surface area (Å²) in [4.78, 5) is 10.9. The van der Waals surface area contributed by atoms with Crippen LogP contribution in [0.15, 0.2) is 12.2 Å². The zero-order valence-corrected chi connectivity index (χ0v) is 9.44. The number of halogens is 1. The minimum atomic E-state index is -0.587. The van der Waals surface area contributed by atoms with Gasteiger partial charge in [-0.2, -0.15) is 0 Å². The molecule has 0 rings (SSSR count). The first kappa shape index (κ1) is 15.0. The second-order valence-electron chi connectivity index (χ2n) is 3.13. The second kappa shape index (κ2) is 6.92. The van der Waals surface area contributed by atoms with E-state index in [1.165, 1.54) is 6.38 Å². The Morgan fingerprint density at radius 2 is 1.92 bits per heavy atom. The van der Waals surface area contributed by atoms with Crippen LogP contribution in [0.2, 0.25) is 0 Å². The summed E-state index contributed by atoms with van der Waals surface area (Å²) in [6.07, 6.45) is 1.47. The Hall–Kier alpha value is -0.540. The molecule has 0 aromatic carbocycles. The number of rotatable bonds is 3. The van der Waals surface area contributed by atoms with Crippen LogP contribution in [0.25, 0.3) is 0 Å². The number of carbonyl (C=O) groups is 1. The summed E-state index contributed by atoms with van der Waals surface area (Å²) in [6.45, 7) is 8.89. The Morgan fingerprint density at radius 1 is 1.54 bits per heavy atom. The fraction of sp³-hybridized carbons (Fsp3) is 0.667. The molecular weight excluding hydrogens is 190 g/mol. The fourth-order valence-corrected chi connectivity index (χ4v) is 0.380. The van der Waals surface area contributed by atoms with Gasteiger partial charge in [-0.1, -0.05) is 6.58 Å². The summed E-state index contributed by atoms with van der Waals surface area (Å²) in [5.74, 6) is -0.388. The lowest BCUT2D eigenvalue weighted by molar-refractivity contribution is -0.150. The molecule has 0 saturated carbocycles. The minimum Gasteiger partial charge on any atom is -0.455 e. The quantitative estimate of drug-likeness (QED) is 0.436. The molecule has 0 saturated heterocycles. The van der Waals surface area contributed by atoms with Crippen molar-refractivity contribution in [2.75, 3.05) is 12.9 Å². The predicted octanol–water partition coefficient (Wildman–Crippen LogP) is 1.70. The molecule has 0 radical (unpaired) electrons. The van der Waals surface area contributed by atoms with Gasteiger partial charge in [0.2, 0.25) is 0 Å². The average molecular weight is 208 g/mol. The molecule has 0 bridgehead atoms. The summed E-state index contributed by atoms with van der Waals surface area (Å²) >= 11 is 4.64. The third kappa shape index (κ3) is 7.81. The van der Waals surface area contributed by atoms with Gasteiger partial charge < -0.3 is 10.5 Å². The molecule has 0 aromatic heterocycles. The van der Waals surface area contributed by atoms with Crippen LogP contribution >= 0.6 is 11.6 Å². The van der Waals surface area contributed by atoms with Gasteiger partial charge in [0.05, 0.1) is 0 Å². The molecule has 3 nitrogen and oxygen atoms in total. The first-order chi connectivity index (χ1) is 5.89. The minimum absolute atomic E-state index is 0.312. The fourth-order valence-electron chi connectivity index (χ4n) is 0.380. The van der Waals surface area contributed by atoms with Gasteiger partial charge in [-0.25, -0.2) is 4.79 Å². The van der Waals surface area contributed by atoms with Crippen LogP contribution in [0.5, 0.6) is 0 Å². The van der Waals surface area contributed by atoms with E-state index in [1.807, 2.05) is 0 Å². The van der Waals surface area contributed by atoms with Crippen LogP contribution in [0.3, 0.4) is 0 Å². The van der Waals surface area contributed by atoms with Crippen LogP contribution < -0.4 is 5.73 Å². The number of hydrogen-bond donors (Lipinski definition) is 1. The first-order valence-electron chi connectivity index (χ1n) is 3.86. The van der Waals surface area contributed by atoms with E-state index < -0.39 is 5.60 Å². The van der Waals surface area contributed by atoms with Gasteiger partial charge in [0.15, 0.2) is 0 Å². The Balaban J connectivity index is 0. The summed E-state index contributed by atoms with van der Waals surface area (Å²) in [6, 6.07) is 0. The van der Waals surface area contributed by atoms with E-state index in [0.29, 0.717) is 12.1 Å². The van der Waals surface area contributed by atoms with Gasteiger partial charge in [0, 0.05) is 18.5 Å². The zero-order valence-electron chi connectivity index (χ0n) is 8.69. The van der Waals surface area contributed by atoms with Crippen LogP contribution in [0, 0.1) is 0 Å². The highest BCUT2D eigenvalue weighted by Gasteiger charge is 2.20.